The van der Waals surface area contributed by atoms with Gasteiger partial charge in [-0.2, -0.15) is 0 Å². The minimum Gasteiger partial charge on any atom is -0.314 e. The quantitative estimate of drug-likeness (QED) is 0.625. The summed E-state index contributed by atoms with van der Waals surface area (Å²) in [4.78, 5) is 0. The average molecular weight is 195 g/mol. The van der Waals surface area contributed by atoms with Crippen LogP contribution in [0.25, 0.3) is 0 Å². The summed E-state index contributed by atoms with van der Waals surface area (Å²) in [6, 6.07) is 0.847. The zero-order chi connectivity index (χ0) is 10.0. The SMILES string of the molecule is CC1(C)CCC2CCCCNC2CC1. The molecule has 1 heteroatoms. The maximum atomic E-state index is 3.76. The Hall–Kier alpha value is -0.0400. The summed E-state index contributed by atoms with van der Waals surface area (Å²) in [5.41, 5.74) is 0.605. The van der Waals surface area contributed by atoms with Gasteiger partial charge < -0.3 is 5.32 Å². The molecular weight excluding hydrogens is 170 g/mol. The number of nitrogens with one attached hydrogen (secondary N) is 1. The van der Waals surface area contributed by atoms with Crippen LogP contribution in [0.3, 0.4) is 0 Å². The van der Waals surface area contributed by atoms with Crippen LogP contribution in [-0.4, -0.2) is 12.6 Å². The molecule has 82 valence electrons. The lowest BCUT2D eigenvalue weighted by Gasteiger charge is -2.22. The first-order chi connectivity index (χ1) is 6.67. The van der Waals surface area contributed by atoms with Crippen LogP contribution in [0, 0.1) is 11.3 Å². The molecule has 0 aromatic carbocycles. The van der Waals surface area contributed by atoms with Gasteiger partial charge in [-0.05, 0) is 56.4 Å². The molecule has 1 N–H and O–H groups in total. The second kappa shape index (κ2) is 4.22. The van der Waals surface area contributed by atoms with Crippen molar-refractivity contribution in [1.82, 2.24) is 5.32 Å². The second-order valence-corrected chi connectivity index (χ2v) is 6.06. The Morgan fingerprint density at radius 1 is 1.00 bits per heavy atom. The molecule has 1 saturated carbocycles. The Morgan fingerprint density at radius 2 is 1.79 bits per heavy atom. The Bertz CT molecular complexity index is 168. The predicted molar refractivity (Wildman–Crippen MR) is 61.4 cm³/mol. The lowest BCUT2D eigenvalue weighted by molar-refractivity contribution is 0.305. The number of hydrogen-bond donors (Lipinski definition) is 1. The van der Waals surface area contributed by atoms with Gasteiger partial charge in [-0.15, -0.1) is 0 Å². The Morgan fingerprint density at radius 3 is 2.64 bits per heavy atom. The lowest BCUT2D eigenvalue weighted by Crippen LogP contribution is -2.34. The van der Waals surface area contributed by atoms with E-state index in [2.05, 4.69) is 19.2 Å². The summed E-state index contributed by atoms with van der Waals surface area (Å²) in [5, 5.41) is 3.76. The van der Waals surface area contributed by atoms with Crippen molar-refractivity contribution in [3.05, 3.63) is 0 Å². The summed E-state index contributed by atoms with van der Waals surface area (Å²) < 4.78 is 0. The Labute approximate surface area is 88.7 Å². The fourth-order valence-electron chi connectivity index (χ4n) is 3.12. The van der Waals surface area contributed by atoms with Gasteiger partial charge in [-0.3, -0.25) is 0 Å². The average Bonchev–Trinajstić information content (AvgIpc) is 2.42. The topological polar surface area (TPSA) is 12.0 Å². The summed E-state index contributed by atoms with van der Waals surface area (Å²) in [7, 11) is 0. The van der Waals surface area contributed by atoms with E-state index in [0.29, 0.717) is 5.41 Å². The Kier molecular flexibility index (Phi) is 3.16. The zero-order valence-corrected chi connectivity index (χ0v) is 9.81. The molecule has 0 spiro atoms. The minimum atomic E-state index is 0.605. The minimum absolute atomic E-state index is 0.605. The van der Waals surface area contributed by atoms with E-state index in [0.717, 1.165) is 12.0 Å². The molecule has 0 amide bonds. The van der Waals surface area contributed by atoms with Crippen LogP contribution in [0.15, 0.2) is 0 Å². The third-order valence-electron chi connectivity index (χ3n) is 4.30. The highest BCUT2D eigenvalue weighted by atomic mass is 14.9. The first-order valence-corrected chi connectivity index (χ1v) is 6.41. The molecule has 0 aromatic heterocycles. The fourth-order valence-corrected chi connectivity index (χ4v) is 3.12. The number of hydrogen-bond acceptors (Lipinski definition) is 1. The molecule has 2 unspecified atom stereocenters. The van der Waals surface area contributed by atoms with Crippen molar-refractivity contribution in [2.45, 2.75) is 64.8 Å². The second-order valence-electron chi connectivity index (χ2n) is 6.06. The molecule has 1 nitrogen and oxygen atoms in total. The molecule has 0 aromatic rings. The van der Waals surface area contributed by atoms with E-state index in [-0.39, 0.29) is 0 Å². The van der Waals surface area contributed by atoms with E-state index in [1.54, 1.807) is 0 Å². The molecule has 1 saturated heterocycles. The van der Waals surface area contributed by atoms with Gasteiger partial charge in [-0.1, -0.05) is 20.3 Å². The summed E-state index contributed by atoms with van der Waals surface area (Å²) in [6.45, 7) is 6.15. The van der Waals surface area contributed by atoms with Gasteiger partial charge in [0.1, 0.15) is 0 Å². The molecule has 2 fully saturated rings. The van der Waals surface area contributed by atoms with Gasteiger partial charge in [0.2, 0.25) is 0 Å². The van der Waals surface area contributed by atoms with Gasteiger partial charge in [0.05, 0.1) is 0 Å². The maximum Gasteiger partial charge on any atom is 0.00955 e. The van der Waals surface area contributed by atoms with Crippen molar-refractivity contribution in [1.29, 1.82) is 0 Å². The van der Waals surface area contributed by atoms with E-state index in [9.17, 15) is 0 Å². The van der Waals surface area contributed by atoms with Gasteiger partial charge in [0.15, 0.2) is 0 Å². The van der Waals surface area contributed by atoms with Crippen molar-refractivity contribution >= 4 is 0 Å². The highest BCUT2D eigenvalue weighted by Gasteiger charge is 2.31. The monoisotopic (exact) mass is 195 g/mol. The van der Waals surface area contributed by atoms with E-state index in [4.69, 9.17) is 0 Å². The highest BCUT2D eigenvalue weighted by molar-refractivity contribution is 4.86. The number of fused-ring (bicyclic) bond motifs is 1. The molecule has 1 aliphatic heterocycles. The maximum absolute atomic E-state index is 3.76. The molecular formula is C13H25N. The lowest BCUT2D eigenvalue weighted by atomic mass is 9.84. The summed E-state index contributed by atoms with van der Waals surface area (Å²) in [6.07, 6.45) is 10.1. The summed E-state index contributed by atoms with van der Waals surface area (Å²) in [5.74, 6) is 0.985. The normalized spacial score (nSPS) is 38.1. The van der Waals surface area contributed by atoms with Crippen LogP contribution in [0.1, 0.15) is 58.8 Å². The van der Waals surface area contributed by atoms with Crippen molar-refractivity contribution in [3.8, 4) is 0 Å². The largest absolute Gasteiger partial charge is 0.314 e. The highest BCUT2D eigenvalue weighted by Crippen LogP contribution is 2.38. The first-order valence-electron chi connectivity index (χ1n) is 6.41. The molecule has 0 bridgehead atoms. The van der Waals surface area contributed by atoms with Gasteiger partial charge in [-0.25, -0.2) is 0 Å². The third-order valence-corrected chi connectivity index (χ3v) is 4.30. The van der Waals surface area contributed by atoms with Crippen LogP contribution in [0.2, 0.25) is 0 Å². The third kappa shape index (κ3) is 2.50. The smallest absolute Gasteiger partial charge is 0.00955 e. The molecule has 0 radical (unpaired) electrons. The first kappa shape index (κ1) is 10.5. The molecule has 1 heterocycles. The molecule has 2 atom stereocenters. The molecule has 2 rings (SSSR count). The van der Waals surface area contributed by atoms with E-state index >= 15 is 0 Å². The fraction of sp³-hybridized carbons (Fsp3) is 1.00. The zero-order valence-electron chi connectivity index (χ0n) is 9.81. The van der Waals surface area contributed by atoms with Crippen molar-refractivity contribution in [2.75, 3.05) is 6.54 Å². The van der Waals surface area contributed by atoms with E-state index < -0.39 is 0 Å². The van der Waals surface area contributed by atoms with Crippen LogP contribution in [-0.2, 0) is 0 Å². The van der Waals surface area contributed by atoms with Crippen molar-refractivity contribution < 1.29 is 0 Å². The van der Waals surface area contributed by atoms with Gasteiger partial charge >= 0.3 is 0 Å². The van der Waals surface area contributed by atoms with Crippen molar-refractivity contribution in [2.24, 2.45) is 11.3 Å². The van der Waals surface area contributed by atoms with Crippen LogP contribution >= 0.6 is 0 Å². The van der Waals surface area contributed by atoms with Gasteiger partial charge in [0.25, 0.3) is 0 Å². The van der Waals surface area contributed by atoms with Crippen LogP contribution in [0.4, 0.5) is 0 Å². The molecule has 1 aliphatic carbocycles. The predicted octanol–water partition coefficient (Wildman–Crippen LogP) is 3.34. The van der Waals surface area contributed by atoms with Crippen LogP contribution in [0.5, 0.6) is 0 Å². The standard InChI is InChI=1S/C13H25N/c1-13(2)8-6-11-5-3-4-10-14-12(11)7-9-13/h11-12,14H,3-10H2,1-2H3. The van der Waals surface area contributed by atoms with Gasteiger partial charge in [0, 0.05) is 6.04 Å². The van der Waals surface area contributed by atoms with Crippen LogP contribution < -0.4 is 5.32 Å². The van der Waals surface area contributed by atoms with Crippen molar-refractivity contribution in [3.63, 3.8) is 0 Å². The van der Waals surface area contributed by atoms with E-state index in [1.807, 2.05) is 0 Å². The molecule has 14 heavy (non-hydrogen) atoms. The number of rotatable bonds is 0. The van der Waals surface area contributed by atoms with E-state index in [1.165, 1.54) is 51.5 Å². The summed E-state index contributed by atoms with van der Waals surface area (Å²) >= 11 is 0. The molecule has 2 aliphatic rings. The Balaban J connectivity index is 1.99.